The number of ether oxygens (including phenoxy) is 1. The molecule has 2 aliphatic rings. The van der Waals surface area contributed by atoms with E-state index < -0.39 is 0 Å². The standard InChI is InChI=1S/C16H25N3O/c1-2-17-14-7-8-19(13-14)16-5-3-15(4-6-16)18-9-11-20-12-10-18/h3-6,14,17H,2,7-13H2,1H3. The van der Waals surface area contributed by atoms with E-state index in [-0.39, 0.29) is 0 Å². The van der Waals surface area contributed by atoms with E-state index in [2.05, 4.69) is 46.3 Å². The first-order chi connectivity index (χ1) is 9.86. The molecule has 2 fully saturated rings. The van der Waals surface area contributed by atoms with Crippen molar-refractivity contribution in [2.24, 2.45) is 0 Å². The van der Waals surface area contributed by atoms with Crippen LogP contribution in [0.15, 0.2) is 24.3 Å². The molecule has 0 bridgehead atoms. The lowest BCUT2D eigenvalue weighted by Crippen LogP contribution is -2.36. The third-order valence-corrected chi connectivity index (χ3v) is 4.27. The van der Waals surface area contributed by atoms with Crippen LogP contribution in [-0.4, -0.2) is 52.0 Å². The third kappa shape index (κ3) is 3.07. The maximum Gasteiger partial charge on any atom is 0.0642 e. The Bertz CT molecular complexity index is 414. The molecule has 0 amide bonds. The first kappa shape index (κ1) is 13.7. The lowest BCUT2D eigenvalue weighted by molar-refractivity contribution is 0.122. The SMILES string of the molecule is CCNC1CCN(c2ccc(N3CCOCC3)cc2)C1. The Morgan fingerprint density at radius 1 is 1.05 bits per heavy atom. The fourth-order valence-electron chi connectivity index (χ4n) is 3.15. The molecule has 2 saturated heterocycles. The van der Waals surface area contributed by atoms with E-state index in [1.807, 2.05) is 0 Å². The van der Waals surface area contributed by atoms with E-state index >= 15 is 0 Å². The second-order valence-corrected chi connectivity index (χ2v) is 5.61. The number of nitrogens with one attached hydrogen (secondary N) is 1. The highest BCUT2D eigenvalue weighted by Gasteiger charge is 2.21. The van der Waals surface area contributed by atoms with Gasteiger partial charge in [-0.25, -0.2) is 0 Å². The van der Waals surface area contributed by atoms with Crippen molar-refractivity contribution in [3.05, 3.63) is 24.3 Å². The first-order valence-corrected chi connectivity index (χ1v) is 7.78. The minimum Gasteiger partial charge on any atom is -0.378 e. The van der Waals surface area contributed by atoms with Crippen LogP contribution in [0.4, 0.5) is 11.4 Å². The molecule has 1 aromatic carbocycles. The van der Waals surface area contributed by atoms with Crippen molar-refractivity contribution in [3.63, 3.8) is 0 Å². The van der Waals surface area contributed by atoms with Gasteiger partial charge in [-0.1, -0.05) is 6.92 Å². The van der Waals surface area contributed by atoms with Gasteiger partial charge in [-0.15, -0.1) is 0 Å². The zero-order valence-electron chi connectivity index (χ0n) is 12.3. The molecule has 2 heterocycles. The Morgan fingerprint density at radius 2 is 1.70 bits per heavy atom. The second kappa shape index (κ2) is 6.46. The summed E-state index contributed by atoms with van der Waals surface area (Å²) in [6.45, 7) is 9.24. The third-order valence-electron chi connectivity index (χ3n) is 4.27. The van der Waals surface area contributed by atoms with E-state index in [4.69, 9.17) is 4.74 Å². The number of nitrogens with zero attached hydrogens (tertiary/aromatic N) is 2. The lowest BCUT2D eigenvalue weighted by Gasteiger charge is -2.29. The molecule has 110 valence electrons. The smallest absolute Gasteiger partial charge is 0.0642 e. The topological polar surface area (TPSA) is 27.7 Å². The van der Waals surface area contributed by atoms with Gasteiger partial charge in [-0.3, -0.25) is 0 Å². The molecule has 0 aromatic heterocycles. The minimum atomic E-state index is 0.652. The van der Waals surface area contributed by atoms with Gasteiger partial charge in [0.25, 0.3) is 0 Å². The Morgan fingerprint density at radius 3 is 2.35 bits per heavy atom. The molecule has 0 radical (unpaired) electrons. The average Bonchev–Trinajstić information content (AvgIpc) is 2.97. The maximum absolute atomic E-state index is 5.40. The van der Waals surface area contributed by atoms with E-state index in [1.165, 1.54) is 17.8 Å². The van der Waals surface area contributed by atoms with Gasteiger partial charge >= 0.3 is 0 Å². The Labute approximate surface area is 121 Å². The molecule has 0 spiro atoms. The Balaban J connectivity index is 1.61. The largest absolute Gasteiger partial charge is 0.378 e. The molecular weight excluding hydrogens is 250 g/mol. The van der Waals surface area contributed by atoms with Crippen LogP contribution >= 0.6 is 0 Å². The second-order valence-electron chi connectivity index (χ2n) is 5.61. The van der Waals surface area contributed by atoms with E-state index in [0.29, 0.717) is 6.04 Å². The minimum absolute atomic E-state index is 0.652. The van der Waals surface area contributed by atoms with E-state index in [0.717, 1.165) is 45.9 Å². The zero-order chi connectivity index (χ0) is 13.8. The highest BCUT2D eigenvalue weighted by Crippen LogP contribution is 2.24. The monoisotopic (exact) mass is 275 g/mol. The summed E-state index contributed by atoms with van der Waals surface area (Å²) < 4.78 is 5.40. The van der Waals surface area contributed by atoms with Crippen molar-refractivity contribution >= 4 is 11.4 Å². The highest BCUT2D eigenvalue weighted by molar-refractivity contribution is 5.57. The molecule has 1 N–H and O–H groups in total. The predicted molar refractivity (Wildman–Crippen MR) is 83.8 cm³/mol. The summed E-state index contributed by atoms with van der Waals surface area (Å²) in [7, 11) is 0. The number of hydrogen-bond acceptors (Lipinski definition) is 4. The van der Waals surface area contributed by atoms with Crippen molar-refractivity contribution in [2.75, 3.05) is 55.7 Å². The van der Waals surface area contributed by atoms with Crippen LogP contribution in [0.1, 0.15) is 13.3 Å². The number of anilines is 2. The van der Waals surface area contributed by atoms with Crippen molar-refractivity contribution in [1.29, 1.82) is 0 Å². The van der Waals surface area contributed by atoms with E-state index in [1.54, 1.807) is 0 Å². The van der Waals surface area contributed by atoms with Crippen molar-refractivity contribution < 1.29 is 4.74 Å². The Hall–Kier alpha value is -1.26. The molecule has 3 rings (SSSR count). The summed E-state index contributed by atoms with van der Waals surface area (Å²) in [6, 6.07) is 9.68. The predicted octanol–water partition coefficient (Wildman–Crippen LogP) is 1.71. The quantitative estimate of drug-likeness (QED) is 0.905. The van der Waals surface area contributed by atoms with Crippen LogP contribution in [0.3, 0.4) is 0 Å². The average molecular weight is 275 g/mol. The van der Waals surface area contributed by atoms with Crippen molar-refractivity contribution in [3.8, 4) is 0 Å². The molecule has 1 atom stereocenters. The molecule has 4 heteroatoms. The summed E-state index contributed by atoms with van der Waals surface area (Å²) >= 11 is 0. The first-order valence-electron chi connectivity index (χ1n) is 7.78. The van der Waals surface area contributed by atoms with Crippen molar-refractivity contribution in [1.82, 2.24) is 5.32 Å². The maximum atomic E-state index is 5.40. The van der Waals surface area contributed by atoms with Crippen LogP contribution in [0.25, 0.3) is 0 Å². The van der Waals surface area contributed by atoms with Crippen LogP contribution in [0.5, 0.6) is 0 Å². The molecule has 0 aliphatic carbocycles. The van der Waals surface area contributed by atoms with Gasteiger partial charge in [0.05, 0.1) is 13.2 Å². The number of rotatable bonds is 4. The number of benzene rings is 1. The fourth-order valence-corrected chi connectivity index (χ4v) is 3.15. The van der Waals surface area contributed by atoms with Crippen LogP contribution in [0.2, 0.25) is 0 Å². The lowest BCUT2D eigenvalue weighted by atomic mass is 10.2. The van der Waals surface area contributed by atoms with Gasteiger partial charge < -0.3 is 19.9 Å². The normalized spacial score (nSPS) is 23.4. The highest BCUT2D eigenvalue weighted by atomic mass is 16.5. The molecule has 4 nitrogen and oxygen atoms in total. The van der Waals surface area contributed by atoms with Gasteiger partial charge in [0.2, 0.25) is 0 Å². The molecule has 1 unspecified atom stereocenters. The number of likely N-dealkylation sites (N-methyl/N-ethyl adjacent to an activating group) is 1. The van der Waals surface area contributed by atoms with Crippen LogP contribution in [0, 0.1) is 0 Å². The fraction of sp³-hybridized carbons (Fsp3) is 0.625. The zero-order valence-corrected chi connectivity index (χ0v) is 12.3. The summed E-state index contributed by atoms with van der Waals surface area (Å²) in [5.74, 6) is 0. The molecule has 1 aromatic rings. The molecular formula is C16H25N3O. The summed E-state index contributed by atoms with van der Waals surface area (Å²) in [5, 5.41) is 3.54. The number of hydrogen-bond donors (Lipinski definition) is 1. The van der Waals surface area contributed by atoms with Gasteiger partial charge in [0, 0.05) is 43.6 Å². The van der Waals surface area contributed by atoms with Gasteiger partial charge in [-0.05, 0) is 37.2 Å². The van der Waals surface area contributed by atoms with Crippen molar-refractivity contribution in [2.45, 2.75) is 19.4 Å². The summed E-state index contributed by atoms with van der Waals surface area (Å²) in [4.78, 5) is 4.88. The van der Waals surface area contributed by atoms with E-state index in [9.17, 15) is 0 Å². The summed E-state index contributed by atoms with van der Waals surface area (Å²) in [5.41, 5.74) is 2.67. The van der Waals surface area contributed by atoms with Crippen LogP contribution < -0.4 is 15.1 Å². The van der Waals surface area contributed by atoms with Crippen LogP contribution in [-0.2, 0) is 4.74 Å². The Kier molecular flexibility index (Phi) is 4.43. The van der Waals surface area contributed by atoms with Gasteiger partial charge in [0.1, 0.15) is 0 Å². The summed E-state index contributed by atoms with van der Waals surface area (Å²) in [6.07, 6.45) is 1.25. The van der Waals surface area contributed by atoms with Gasteiger partial charge in [0.15, 0.2) is 0 Å². The molecule has 2 aliphatic heterocycles. The number of morpholine rings is 1. The molecule has 20 heavy (non-hydrogen) atoms. The molecule has 0 saturated carbocycles. The van der Waals surface area contributed by atoms with Gasteiger partial charge in [-0.2, -0.15) is 0 Å².